The first kappa shape index (κ1) is 10.8. The number of rotatable bonds is 3. The van der Waals surface area contributed by atoms with Gasteiger partial charge in [-0.15, -0.1) is 0 Å². The molecule has 0 bridgehead atoms. The quantitative estimate of drug-likeness (QED) is 0.657. The van der Waals surface area contributed by atoms with Crippen molar-refractivity contribution in [2.24, 2.45) is 0 Å². The van der Waals surface area contributed by atoms with Crippen LogP contribution in [-0.4, -0.2) is 27.1 Å². The SMILES string of the molecule is CNc1cc(NC)cc(S(=O)(=O)O)c1. The number of nitrogens with one attached hydrogen (secondary N) is 2. The molecule has 0 unspecified atom stereocenters. The fraction of sp³-hybridized carbons (Fsp3) is 0.250. The van der Waals surface area contributed by atoms with Crippen LogP contribution in [0.25, 0.3) is 0 Å². The van der Waals surface area contributed by atoms with Crippen LogP contribution in [0.2, 0.25) is 0 Å². The molecule has 1 aromatic carbocycles. The minimum absolute atomic E-state index is 0.131. The summed E-state index contributed by atoms with van der Waals surface area (Å²) < 4.78 is 30.6. The molecule has 0 spiro atoms. The predicted molar refractivity (Wildman–Crippen MR) is 55.4 cm³/mol. The van der Waals surface area contributed by atoms with Crippen molar-refractivity contribution in [2.75, 3.05) is 24.7 Å². The molecule has 0 aromatic heterocycles. The Morgan fingerprint density at radius 1 is 1.07 bits per heavy atom. The van der Waals surface area contributed by atoms with Gasteiger partial charge in [0.15, 0.2) is 0 Å². The lowest BCUT2D eigenvalue weighted by molar-refractivity contribution is 0.483. The van der Waals surface area contributed by atoms with Crippen molar-refractivity contribution in [3.8, 4) is 0 Å². The maximum atomic E-state index is 10.9. The standard InChI is InChI=1S/C8H12N2O3S/c1-9-6-3-7(10-2)5-8(4-6)14(11,12)13/h3-5,9-10H,1-2H3,(H,11,12,13). The summed E-state index contributed by atoms with van der Waals surface area (Å²) in [5, 5.41) is 5.60. The van der Waals surface area contributed by atoms with Gasteiger partial charge in [-0.1, -0.05) is 0 Å². The van der Waals surface area contributed by atoms with Crippen molar-refractivity contribution in [1.82, 2.24) is 0 Å². The largest absolute Gasteiger partial charge is 0.388 e. The van der Waals surface area contributed by atoms with Gasteiger partial charge in [0, 0.05) is 25.5 Å². The van der Waals surface area contributed by atoms with Crippen LogP contribution in [0.3, 0.4) is 0 Å². The van der Waals surface area contributed by atoms with Gasteiger partial charge in [-0.2, -0.15) is 8.42 Å². The molecule has 0 atom stereocenters. The molecule has 0 fully saturated rings. The number of hydrogen-bond donors (Lipinski definition) is 3. The third kappa shape index (κ3) is 2.36. The van der Waals surface area contributed by atoms with Crippen LogP contribution < -0.4 is 10.6 Å². The third-order valence-corrected chi connectivity index (χ3v) is 2.61. The molecule has 0 saturated carbocycles. The van der Waals surface area contributed by atoms with Crippen LogP contribution in [-0.2, 0) is 10.1 Å². The molecule has 3 N–H and O–H groups in total. The zero-order valence-corrected chi connectivity index (χ0v) is 8.72. The maximum absolute atomic E-state index is 10.9. The highest BCUT2D eigenvalue weighted by atomic mass is 32.2. The molecule has 0 aliphatic carbocycles. The molecule has 6 heteroatoms. The predicted octanol–water partition coefficient (Wildman–Crippen LogP) is 1.02. The van der Waals surface area contributed by atoms with Gasteiger partial charge in [0.2, 0.25) is 0 Å². The lowest BCUT2D eigenvalue weighted by Gasteiger charge is -2.07. The van der Waals surface area contributed by atoms with Crippen LogP contribution in [0.5, 0.6) is 0 Å². The summed E-state index contributed by atoms with van der Waals surface area (Å²) in [4.78, 5) is -0.131. The van der Waals surface area contributed by atoms with Crippen molar-refractivity contribution >= 4 is 21.5 Å². The molecule has 14 heavy (non-hydrogen) atoms. The Bertz CT molecular complexity index is 406. The highest BCUT2D eigenvalue weighted by molar-refractivity contribution is 7.85. The van der Waals surface area contributed by atoms with E-state index in [2.05, 4.69) is 10.6 Å². The Hall–Kier alpha value is -1.27. The number of hydrogen-bond acceptors (Lipinski definition) is 4. The second-order valence-corrected chi connectivity index (χ2v) is 4.14. The van der Waals surface area contributed by atoms with E-state index in [4.69, 9.17) is 4.55 Å². The summed E-state index contributed by atoms with van der Waals surface area (Å²) >= 11 is 0. The van der Waals surface area contributed by atoms with Crippen LogP contribution in [0.15, 0.2) is 23.1 Å². The van der Waals surface area contributed by atoms with Crippen molar-refractivity contribution in [3.63, 3.8) is 0 Å². The van der Waals surface area contributed by atoms with Gasteiger partial charge in [0.05, 0.1) is 4.90 Å². The summed E-state index contributed by atoms with van der Waals surface area (Å²) in [5.41, 5.74) is 1.23. The fourth-order valence-corrected chi connectivity index (χ4v) is 1.59. The molecule has 0 aliphatic heterocycles. The van der Waals surface area contributed by atoms with E-state index >= 15 is 0 Å². The second kappa shape index (κ2) is 3.85. The molecule has 0 saturated heterocycles. The molecule has 0 radical (unpaired) electrons. The highest BCUT2D eigenvalue weighted by Gasteiger charge is 2.11. The minimum Gasteiger partial charge on any atom is -0.388 e. The van der Waals surface area contributed by atoms with E-state index in [1.54, 1.807) is 20.2 Å². The highest BCUT2D eigenvalue weighted by Crippen LogP contribution is 2.21. The number of anilines is 2. The zero-order chi connectivity index (χ0) is 10.8. The Morgan fingerprint density at radius 2 is 1.50 bits per heavy atom. The summed E-state index contributed by atoms with van der Waals surface area (Å²) in [5.74, 6) is 0. The van der Waals surface area contributed by atoms with E-state index in [0.29, 0.717) is 11.4 Å². The Balaban J connectivity index is 3.32. The first-order chi connectivity index (χ1) is 6.47. The molecule has 1 rings (SSSR count). The summed E-state index contributed by atoms with van der Waals surface area (Å²) in [6.45, 7) is 0. The summed E-state index contributed by atoms with van der Waals surface area (Å²) in [6, 6.07) is 4.45. The van der Waals surface area contributed by atoms with Crippen molar-refractivity contribution < 1.29 is 13.0 Å². The lowest BCUT2D eigenvalue weighted by Crippen LogP contribution is -2.01. The monoisotopic (exact) mass is 216 g/mol. The van der Waals surface area contributed by atoms with Crippen molar-refractivity contribution in [2.45, 2.75) is 4.90 Å². The molecule has 0 amide bonds. The van der Waals surface area contributed by atoms with E-state index in [1.165, 1.54) is 12.1 Å². The lowest BCUT2D eigenvalue weighted by atomic mass is 10.3. The molecule has 1 aromatic rings. The molecular weight excluding hydrogens is 204 g/mol. The van der Waals surface area contributed by atoms with Gasteiger partial charge < -0.3 is 10.6 Å². The first-order valence-electron chi connectivity index (χ1n) is 3.95. The Kier molecular flexibility index (Phi) is 2.97. The Labute approximate surface area is 82.9 Å². The third-order valence-electron chi connectivity index (χ3n) is 1.78. The molecule has 0 heterocycles. The smallest absolute Gasteiger partial charge is 0.294 e. The van der Waals surface area contributed by atoms with E-state index in [1.807, 2.05) is 0 Å². The fourth-order valence-electron chi connectivity index (χ4n) is 1.04. The van der Waals surface area contributed by atoms with E-state index in [9.17, 15) is 8.42 Å². The Morgan fingerprint density at radius 3 is 1.79 bits per heavy atom. The van der Waals surface area contributed by atoms with E-state index in [-0.39, 0.29) is 4.90 Å². The second-order valence-electron chi connectivity index (χ2n) is 2.72. The first-order valence-corrected chi connectivity index (χ1v) is 5.39. The topological polar surface area (TPSA) is 78.4 Å². The van der Waals surface area contributed by atoms with Crippen molar-refractivity contribution in [3.05, 3.63) is 18.2 Å². The van der Waals surface area contributed by atoms with E-state index < -0.39 is 10.1 Å². The van der Waals surface area contributed by atoms with Gasteiger partial charge in [0.25, 0.3) is 10.1 Å². The van der Waals surface area contributed by atoms with E-state index in [0.717, 1.165) is 0 Å². The summed E-state index contributed by atoms with van der Waals surface area (Å²) in [6.07, 6.45) is 0. The average Bonchev–Trinajstić information content (AvgIpc) is 2.15. The van der Waals surface area contributed by atoms with Crippen molar-refractivity contribution in [1.29, 1.82) is 0 Å². The van der Waals surface area contributed by atoms with Gasteiger partial charge in [-0.05, 0) is 18.2 Å². The maximum Gasteiger partial charge on any atom is 0.294 e. The van der Waals surface area contributed by atoms with Gasteiger partial charge >= 0.3 is 0 Å². The van der Waals surface area contributed by atoms with Gasteiger partial charge in [0.1, 0.15) is 0 Å². The number of benzene rings is 1. The van der Waals surface area contributed by atoms with Crippen LogP contribution in [0, 0.1) is 0 Å². The van der Waals surface area contributed by atoms with Crippen LogP contribution in [0.1, 0.15) is 0 Å². The molecule has 0 aliphatic rings. The van der Waals surface area contributed by atoms with Crippen LogP contribution >= 0.6 is 0 Å². The molecule has 5 nitrogen and oxygen atoms in total. The molecule has 78 valence electrons. The average molecular weight is 216 g/mol. The zero-order valence-electron chi connectivity index (χ0n) is 7.90. The van der Waals surface area contributed by atoms with Crippen LogP contribution in [0.4, 0.5) is 11.4 Å². The molecular formula is C8H12N2O3S. The van der Waals surface area contributed by atoms with Gasteiger partial charge in [-0.25, -0.2) is 0 Å². The summed E-state index contributed by atoms with van der Waals surface area (Å²) in [7, 11) is -0.810. The minimum atomic E-state index is -4.15. The normalized spacial score (nSPS) is 11.1. The van der Waals surface area contributed by atoms with Gasteiger partial charge in [-0.3, -0.25) is 4.55 Å².